The average molecular weight is 237 g/mol. The fourth-order valence-corrected chi connectivity index (χ4v) is 1.80. The summed E-state index contributed by atoms with van der Waals surface area (Å²) in [4.78, 5) is 25.0. The molecule has 1 fully saturated rings. The van der Waals surface area contributed by atoms with Gasteiger partial charge in [0, 0.05) is 13.6 Å². The Bertz CT molecular complexity index is 441. The maximum absolute atomic E-state index is 11.8. The van der Waals surface area contributed by atoms with Gasteiger partial charge in [0.2, 0.25) is 5.91 Å². The van der Waals surface area contributed by atoms with Crippen molar-refractivity contribution in [1.29, 1.82) is 0 Å². The number of carbonyl (C=O) groups is 2. The predicted octanol–water partition coefficient (Wildman–Crippen LogP) is -0.301. The molecular formula is C11H15N3O3. The van der Waals surface area contributed by atoms with Crippen LogP contribution in [0.5, 0.6) is 0 Å². The van der Waals surface area contributed by atoms with Gasteiger partial charge < -0.3 is 20.4 Å². The zero-order chi connectivity index (χ0) is 12.4. The minimum Gasteiger partial charge on any atom is -0.455 e. The average Bonchev–Trinajstić information content (AvgIpc) is 2.91. The minimum atomic E-state index is -0.445. The van der Waals surface area contributed by atoms with Crippen LogP contribution in [-0.2, 0) is 11.3 Å². The van der Waals surface area contributed by atoms with E-state index < -0.39 is 6.04 Å². The van der Waals surface area contributed by atoms with Crippen LogP contribution in [0.3, 0.4) is 0 Å². The Kier molecular flexibility index (Phi) is 3.14. The molecule has 17 heavy (non-hydrogen) atoms. The monoisotopic (exact) mass is 237 g/mol. The molecule has 0 aliphatic carbocycles. The van der Waals surface area contributed by atoms with Crippen LogP contribution in [0.2, 0.25) is 0 Å². The van der Waals surface area contributed by atoms with Crippen molar-refractivity contribution in [3.8, 4) is 0 Å². The molecule has 1 aromatic heterocycles. The number of hydrogen-bond acceptors (Lipinski definition) is 4. The summed E-state index contributed by atoms with van der Waals surface area (Å²) in [5.74, 6) is 0.292. The summed E-state index contributed by atoms with van der Waals surface area (Å²) in [7, 11) is 1.72. The quantitative estimate of drug-likeness (QED) is 0.755. The van der Waals surface area contributed by atoms with Crippen molar-refractivity contribution in [3.63, 3.8) is 0 Å². The van der Waals surface area contributed by atoms with E-state index in [2.05, 4.69) is 5.32 Å². The number of carbonyl (C=O) groups excluding carboxylic acids is 2. The highest BCUT2D eigenvalue weighted by Gasteiger charge is 2.30. The SMILES string of the molecule is CN1CCC(NC(=O)c2ccc(CN)o2)C1=O. The molecule has 6 heteroatoms. The topological polar surface area (TPSA) is 88.6 Å². The predicted molar refractivity (Wildman–Crippen MR) is 60.1 cm³/mol. The molecule has 1 atom stereocenters. The summed E-state index contributed by atoms with van der Waals surface area (Å²) < 4.78 is 5.21. The van der Waals surface area contributed by atoms with E-state index in [1.165, 1.54) is 0 Å². The third kappa shape index (κ3) is 2.31. The molecule has 92 valence electrons. The molecular weight excluding hydrogens is 222 g/mol. The van der Waals surface area contributed by atoms with Crippen molar-refractivity contribution in [3.05, 3.63) is 23.7 Å². The van der Waals surface area contributed by atoms with Gasteiger partial charge in [-0.3, -0.25) is 9.59 Å². The Labute approximate surface area is 98.7 Å². The van der Waals surface area contributed by atoms with Gasteiger partial charge in [-0.15, -0.1) is 0 Å². The first-order valence-corrected chi connectivity index (χ1v) is 5.46. The van der Waals surface area contributed by atoms with Crippen LogP contribution < -0.4 is 11.1 Å². The second kappa shape index (κ2) is 4.58. The van der Waals surface area contributed by atoms with Crippen LogP contribution in [-0.4, -0.2) is 36.3 Å². The lowest BCUT2D eigenvalue weighted by molar-refractivity contribution is -0.128. The number of nitrogens with two attached hydrogens (primary N) is 1. The summed E-state index contributed by atoms with van der Waals surface area (Å²) in [6.07, 6.45) is 0.630. The summed E-state index contributed by atoms with van der Waals surface area (Å²) in [5, 5.41) is 2.65. The first-order chi connectivity index (χ1) is 8.11. The van der Waals surface area contributed by atoms with E-state index in [-0.39, 0.29) is 24.1 Å². The number of amides is 2. The molecule has 0 bridgehead atoms. The molecule has 2 amide bonds. The van der Waals surface area contributed by atoms with E-state index in [0.717, 1.165) is 0 Å². The lowest BCUT2D eigenvalue weighted by Crippen LogP contribution is -2.40. The standard InChI is InChI=1S/C11H15N3O3/c1-14-5-4-8(11(14)16)13-10(15)9-3-2-7(6-12)17-9/h2-3,8H,4-6,12H2,1H3,(H,13,15). The highest BCUT2D eigenvalue weighted by atomic mass is 16.4. The molecule has 0 spiro atoms. The number of likely N-dealkylation sites (N-methyl/N-ethyl adjacent to an activating group) is 1. The lowest BCUT2D eigenvalue weighted by atomic mass is 10.2. The number of nitrogens with one attached hydrogen (secondary N) is 1. The summed E-state index contributed by atoms with van der Waals surface area (Å²) in [5.41, 5.74) is 5.38. The molecule has 0 radical (unpaired) electrons. The van der Waals surface area contributed by atoms with Gasteiger partial charge in [-0.1, -0.05) is 0 Å². The summed E-state index contributed by atoms with van der Waals surface area (Å²) in [6, 6.07) is 2.76. The Morgan fingerprint density at radius 3 is 2.94 bits per heavy atom. The van der Waals surface area contributed by atoms with Crippen LogP contribution in [0.15, 0.2) is 16.5 Å². The van der Waals surface area contributed by atoms with Gasteiger partial charge in [-0.05, 0) is 18.6 Å². The Balaban J connectivity index is 2.00. The third-order valence-corrected chi connectivity index (χ3v) is 2.82. The van der Waals surface area contributed by atoms with Crippen LogP contribution >= 0.6 is 0 Å². The third-order valence-electron chi connectivity index (χ3n) is 2.82. The van der Waals surface area contributed by atoms with E-state index in [9.17, 15) is 9.59 Å². The van der Waals surface area contributed by atoms with E-state index in [4.69, 9.17) is 10.2 Å². The molecule has 1 saturated heterocycles. The van der Waals surface area contributed by atoms with Crippen LogP contribution in [0.25, 0.3) is 0 Å². The van der Waals surface area contributed by atoms with Crippen molar-refractivity contribution < 1.29 is 14.0 Å². The molecule has 1 aliphatic heterocycles. The molecule has 1 unspecified atom stereocenters. The number of likely N-dealkylation sites (tertiary alicyclic amines) is 1. The summed E-state index contributed by atoms with van der Waals surface area (Å²) >= 11 is 0. The highest BCUT2D eigenvalue weighted by Crippen LogP contribution is 2.11. The van der Waals surface area contributed by atoms with E-state index in [1.54, 1.807) is 24.1 Å². The summed E-state index contributed by atoms with van der Waals surface area (Å²) in [6.45, 7) is 0.911. The zero-order valence-corrected chi connectivity index (χ0v) is 9.60. The smallest absolute Gasteiger partial charge is 0.287 e. The molecule has 1 aromatic rings. The van der Waals surface area contributed by atoms with Gasteiger partial charge in [0.15, 0.2) is 5.76 Å². The Morgan fingerprint density at radius 1 is 1.65 bits per heavy atom. The van der Waals surface area contributed by atoms with Gasteiger partial charge in [0.25, 0.3) is 5.91 Å². The molecule has 1 aliphatic rings. The van der Waals surface area contributed by atoms with Crippen LogP contribution in [0.4, 0.5) is 0 Å². The van der Waals surface area contributed by atoms with Crippen molar-refractivity contribution >= 4 is 11.8 Å². The number of furan rings is 1. The van der Waals surface area contributed by atoms with Gasteiger partial charge >= 0.3 is 0 Å². The fourth-order valence-electron chi connectivity index (χ4n) is 1.80. The lowest BCUT2D eigenvalue weighted by Gasteiger charge is -2.10. The first-order valence-electron chi connectivity index (χ1n) is 5.46. The van der Waals surface area contributed by atoms with Crippen molar-refractivity contribution in [1.82, 2.24) is 10.2 Å². The number of rotatable bonds is 3. The molecule has 0 aromatic carbocycles. The minimum absolute atomic E-state index is 0.0658. The molecule has 2 heterocycles. The van der Waals surface area contributed by atoms with Crippen molar-refractivity contribution in [2.45, 2.75) is 19.0 Å². The molecule has 0 saturated carbocycles. The van der Waals surface area contributed by atoms with E-state index in [0.29, 0.717) is 18.7 Å². The Hall–Kier alpha value is -1.82. The van der Waals surface area contributed by atoms with Crippen LogP contribution in [0.1, 0.15) is 22.7 Å². The first kappa shape index (κ1) is 11.7. The van der Waals surface area contributed by atoms with Crippen molar-refractivity contribution in [2.24, 2.45) is 5.73 Å². The van der Waals surface area contributed by atoms with Gasteiger partial charge in [0.1, 0.15) is 11.8 Å². The van der Waals surface area contributed by atoms with Crippen LogP contribution in [0, 0.1) is 0 Å². The van der Waals surface area contributed by atoms with Gasteiger partial charge in [-0.2, -0.15) is 0 Å². The maximum atomic E-state index is 11.8. The highest BCUT2D eigenvalue weighted by molar-refractivity contribution is 5.96. The van der Waals surface area contributed by atoms with Crippen molar-refractivity contribution in [2.75, 3.05) is 13.6 Å². The molecule has 3 N–H and O–H groups in total. The Morgan fingerprint density at radius 2 is 2.41 bits per heavy atom. The molecule has 6 nitrogen and oxygen atoms in total. The van der Waals surface area contributed by atoms with Gasteiger partial charge in [-0.25, -0.2) is 0 Å². The van der Waals surface area contributed by atoms with E-state index in [1.807, 2.05) is 0 Å². The number of hydrogen-bond donors (Lipinski definition) is 2. The number of nitrogens with zero attached hydrogens (tertiary/aromatic N) is 1. The second-order valence-electron chi connectivity index (χ2n) is 4.04. The fraction of sp³-hybridized carbons (Fsp3) is 0.455. The second-order valence-corrected chi connectivity index (χ2v) is 4.04. The maximum Gasteiger partial charge on any atom is 0.287 e. The molecule has 2 rings (SSSR count). The normalized spacial score (nSPS) is 19.8. The zero-order valence-electron chi connectivity index (χ0n) is 9.60. The van der Waals surface area contributed by atoms with E-state index >= 15 is 0 Å². The largest absolute Gasteiger partial charge is 0.455 e. The van der Waals surface area contributed by atoms with Gasteiger partial charge in [0.05, 0.1) is 6.54 Å².